The van der Waals surface area contributed by atoms with Crippen LogP contribution in [0.3, 0.4) is 0 Å². The van der Waals surface area contributed by atoms with Crippen molar-refractivity contribution in [3.05, 3.63) is 0 Å². The zero-order chi connectivity index (χ0) is 14.1. The van der Waals surface area contributed by atoms with Crippen molar-refractivity contribution in [2.75, 3.05) is 25.1 Å². The van der Waals surface area contributed by atoms with Gasteiger partial charge in [0.25, 0.3) is 0 Å². The normalized spacial score (nSPS) is 23.9. The van der Waals surface area contributed by atoms with Crippen LogP contribution < -0.4 is 10.0 Å². The summed E-state index contributed by atoms with van der Waals surface area (Å²) in [7, 11) is -3.08. The van der Waals surface area contributed by atoms with Gasteiger partial charge in [-0.1, -0.05) is 6.92 Å². The van der Waals surface area contributed by atoms with Gasteiger partial charge in [0.15, 0.2) is 0 Å². The van der Waals surface area contributed by atoms with Gasteiger partial charge in [-0.2, -0.15) is 11.8 Å². The lowest BCUT2D eigenvalue weighted by Crippen LogP contribution is -2.35. The molecule has 2 N–H and O–H groups in total. The molecule has 19 heavy (non-hydrogen) atoms. The highest BCUT2D eigenvalue weighted by molar-refractivity contribution is 7.99. The Balaban J connectivity index is 2.14. The summed E-state index contributed by atoms with van der Waals surface area (Å²) in [5.41, 5.74) is 0. The number of nitrogens with one attached hydrogen (secondary N) is 2. The molecule has 0 radical (unpaired) electrons. The van der Waals surface area contributed by atoms with E-state index in [4.69, 9.17) is 0 Å². The minimum Gasteiger partial charge on any atom is -0.317 e. The molecule has 1 fully saturated rings. The zero-order valence-electron chi connectivity index (χ0n) is 12.2. The molecule has 0 amide bonds. The number of unbranched alkanes of at least 4 members (excludes halogenated alkanes) is 1. The molecule has 114 valence electrons. The lowest BCUT2D eigenvalue weighted by molar-refractivity contribution is 0.547. The van der Waals surface area contributed by atoms with Crippen LogP contribution in [0.4, 0.5) is 0 Å². The van der Waals surface area contributed by atoms with Crippen molar-refractivity contribution in [1.82, 2.24) is 10.0 Å². The van der Waals surface area contributed by atoms with E-state index in [1.54, 1.807) is 0 Å². The van der Waals surface area contributed by atoms with Gasteiger partial charge in [0.2, 0.25) is 10.0 Å². The van der Waals surface area contributed by atoms with E-state index in [-0.39, 0.29) is 11.8 Å². The van der Waals surface area contributed by atoms with Gasteiger partial charge >= 0.3 is 0 Å². The Morgan fingerprint density at radius 2 is 2.00 bits per heavy atom. The molecule has 0 aromatic heterocycles. The summed E-state index contributed by atoms with van der Waals surface area (Å²) < 4.78 is 26.7. The molecule has 0 bridgehead atoms. The molecular formula is C13H28N2O2S2. The summed E-state index contributed by atoms with van der Waals surface area (Å²) in [4.78, 5) is 0. The Labute approximate surface area is 122 Å². The number of sulfonamides is 1. The molecule has 1 saturated carbocycles. The summed E-state index contributed by atoms with van der Waals surface area (Å²) in [5.74, 6) is 0.265. The highest BCUT2D eigenvalue weighted by Gasteiger charge is 2.27. The second kappa shape index (κ2) is 9.21. The van der Waals surface area contributed by atoms with Crippen molar-refractivity contribution in [3.63, 3.8) is 0 Å². The highest BCUT2D eigenvalue weighted by Crippen LogP contribution is 2.28. The second-order valence-electron chi connectivity index (χ2n) is 5.26. The fourth-order valence-electron chi connectivity index (χ4n) is 2.42. The Bertz CT molecular complexity index is 334. The first-order chi connectivity index (χ1) is 9.07. The van der Waals surface area contributed by atoms with E-state index in [1.165, 1.54) is 0 Å². The summed E-state index contributed by atoms with van der Waals surface area (Å²) in [6.45, 7) is 4.06. The Morgan fingerprint density at radius 1 is 1.21 bits per heavy atom. The molecule has 2 atom stereocenters. The maximum atomic E-state index is 11.9. The predicted octanol–water partition coefficient (Wildman–Crippen LogP) is 1.97. The predicted molar refractivity (Wildman–Crippen MR) is 84.3 cm³/mol. The average molecular weight is 309 g/mol. The number of hydrogen-bond acceptors (Lipinski definition) is 4. The van der Waals surface area contributed by atoms with Crippen molar-refractivity contribution in [3.8, 4) is 0 Å². The minimum atomic E-state index is -3.08. The molecule has 6 heteroatoms. The standard InChI is InChI=1S/C13H28N2O2S2/c1-3-8-14-9-4-5-10-19(16,17)15-12-6-7-13(11-12)18-2/h12-15H,3-11H2,1-2H3. The van der Waals surface area contributed by atoms with E-state index >= 15 is 0 Å². The number of hydrogen-bond donors (Lipinski definition) is 2. The Kier molecular flexibility index (Phi) is 8.37. The Morgan fingerprint density at radius 3 is 2.63 bits per heavy atom. The smallest absolute Gasteiger partial charge is 0.211 e. The van der Waals surface area contributed by atoms with Crippen LogP contribution in [0.25, 0.3) is 0 Å². The fraction of sp³-hybridized carbons (Fsp3) is 1.00. The van der Waals surface area contributed by atoms with E-state index in [2.05, 4.69) is 23.2 Å². The van der Waals surface area contributed by atoms with Crippen molar-refractivity contribution in [1.29, 1.82) is 0 Å². The molecule has 0 spiro atoms. The van der Waals surface area contributed by atoms with Gasteiger partial charge < -0.3 is 5.32 Å². The third-order valence-corrected chi connectivity index (χ3v) is 6.12. The van der Waals surface area contributed by atoms with Crippen LogP contribution in [0.15, 0.2) is 0 Å². The number of rotatable bonds is 10. The van der Waals surface area contributed by atoms with E-state index in [1.807, 2.05) is 11.8 Å². The van der Waals surface area contributed by atoms with E-state index in [0.717, 1.165) is 51.6 Å². The third kappa shape index (κ3) is 7.54. The molecule has 4 nitrogen and oxygen atoms in total. The largest absolute Gasteiger partial charge is 0.317 e. The summed E-state index contributed by atoms with van der Waals surface area (Å²) in [6, 6.07) is 0.167. The van der Waals surface area contributed by atoms with Crippen LogP contribution in [-0.4, -0.2) is 44.8 Å². The molecule has 0 aromatic rings. The van der Waals surface area contributed by atoms with Gasteiger partial charge in [0.1, 0.15) is 0 Å². The first-order valence-corrected chi connectivity index (χ1v) is 10.2. The molecule has 1 rings (SSSR count). The van der Waals surface area contributed by atoms with E-state index < -0.39 is 10.0 Å². The van der Waals surface area contributed by atoms with Crippen LogP contribution in [0, 0.1) is 0 Å². The van der Waals surface area contributed by atoms with Crippen molar-refractivity contribution >= 4 is 21.8 Å². The van der Waals surface area contributed by atoms with Crippen LogP contribution >= 0.6 is 11.8 Å². The molecule has 0 aliphatic heterocycles. The first-order valence-electron chi connectivity index (χ1n) is 7.31. The zero-order valence-corrected chi connectivity index (χ0v) is 13.8. The van der Waals surface area contributed by atoms with Crippen LogP contribution in [0.5, 0.6) is 0 Å². The van der Waals surface area contributed by atoms with Gasteiger partial charge in [0.05, 0.1) is 5.75 Å². The summed E-state index contributed by atoms with van der Waals surface area (Å²) in [5, 5.41) is 3.92. The monoisotopic (exact) mass is 308 g/mol. The van der Waals surface area contributed by atoms with Crippen molar-refractivity contribution < 1.29 is 8.42 Å². The lowest BCUT2D eigenvalue weighted by atomic mass is 10.3. The van der Waals surface area contributed by atoms with Gasteiger partial charge in [-0.15, -0.1) is 0 Å². The van der Waals surface area contributed by atoms with Gasteiger partial charge in [-0.05, 0) is 57.9 Å². The SMILES string of the molecule is CCCNCCCCS(=O)(=O)NC1CCC(SC)C1. The lowest BCUT2D eigenvalue weighted by Gasteiger charge is -2.13. The second-order valence-corrected chi connectivity index (χ2v) is 8.27. The van der Waals surface area contributed by atoms with Crippen molar-refractivity contribution in [2.24, 2.45) is 0 Å². The highest BCUT2D eigenvalue weighted by atomic mass is 32.2. The van der Waals surface area contributed by atoms with Crippen LogP contribution in [-0.2, 0) is 10.0 Å². The fourth-order valence-corrected chi connectivity index (χ4v) is 4.64. The molecular weight excluding hydrogens is 280 g/mol. The van der Waals surface area contributed by atoms with Crippen LogP contribution in [0.2, 0.25) is 0 Å². The van der Waals surface area contributed by atoms with E-state index in [0.29, 0.717) is 5.25 Å². The molecule has 0 saturated heterocycles. The van der Waals surface area contributed by atoms with E-state index in [9.17, 15) is 8.42 Å². The molecule has 1 aliphatic rings. The molecule has 1 aliphatic carbocycles. The maximum absolute atomic E-state index is 11.9. The number of thioether (sulfide) groups is 1. The van der Waals surface area contributed by atoms with Crippen LogP contribution in [0.1, 0.15) is 45.4 Å². The first kappa shape index (κ1) is 17.3. The van der Waals surface area contributed by atoms with Gasteiger partial charge in [-0.25, -0.2) is 13.1 Å². The third-order valence-electron chi connectivity index (χ3n) is 3.51. The summed E-state index contributed by atoms with van der Waals surface area (Å²) in [6.07, 6.45) is 8.00. The topological polar surface area (TPSA) is 58.2 Å². The Hall–Kier alpha value is 0.220. The van der Waals surface area contributed by atoms with Gasteiger partial charge in [0, 0.05) is 11.3 Å². The molecule has 0 aromatic carbocycles. The quantitative estimate of drug-likeness (QED) is 0.606. The molecule has 0 heterocycles. The van der Waals surface area contributed by atoms with Crippen molar-refractivity contribution in [2.45, 2.75) is 56.7 Å². The maximum Gasteiger partial charge on any atom is 0.211 e. The summed E-state index contributed by atoms with van der Waals surface area (Å²) >= 11 is 1.85. The minimum absolute atomic E-state index is 0.167. The molecule has 2 unspecified atom stereocenters. The average Bonchev–Trinajstić information content (AvgIpc) is 2.80. The van der Waals surface area contributed by atoms with Gasteiger partial charge in [-0.3, -0.25) is 0 Å².